The second-order valence-electron chi connectivity index (χ2n) is 5.29. The average Bonchev–Trinajstić information content (AvgIpc) is 2.56. The Kier molecular flexibility index (Phi) is 5.76. The lowest BCUT2D eigenvalue weighted by Gasteiger charge is -2.12. The van der Waals surface area contributed by atoms with E-state index in [0.717, 1.165) is 22.4 Å². The first-order chi connectivity index (χ1) is 11.1. The Morgan fingerprint density at radius 3 is 2.39 bits per heavy atom. The Balaban J connectivity index is 1.97. The van der Waals surface area contributed by atoms with Crippen LogP contribution in [0.15, 0.2) is 48.5 Å². The molecule has 2 aromatic carbocycles. The van der Waals surface area contributed by atoms with Gasteiger partial charge < -0.3 is 10.1 Å². The zero-order valence-electron chi connectivity index (χ0n) is 13.4. The maximum absolute atomic E-state index is 12.1. The summed E-state index contributed by atoms with van der Waals surface area (Å²) in [5.41, 5.74) is 2.79. The minimum Gasteiger partial charge on any atom is -0.494 e. The summed E-state index contributed by atoms with van der Waals surface area (Å²) in [7, 11) is 0. The number of nitriles is 1. The molecular formula is C19H20N2O2. The first-order valence-corrected chi connectivity index (χ1v) is 7.59. The van der Waals surface area contributed by atoms with Gasteiger partial charge in [-0.25, -0.2) is 0 Å². The zero-order valence-corrected chi connectivity index (χ0v) is 13.4. The number of rotatable bonds is 6. The van der Waals surface area contributed by atoms with Gasteiger partial charge in [-0.15, -0.1) is 0 Å². The lowest BCUT2D eigenvalue weighted by molar-refractivity contribution is -0.120. The quantitative estimate of drug-likeness (QED) is 0.890. The molecule has 4 nitrogen and oxygen atoms in total. The van der Waals surface area contributed by atoms with Crippen molar-refractivity contribution in [3.8, 4) is 11.8 Å². The molecule has 0 aliphatic heterocycles. The average molecular weight is 308 g/mol. The van der Waals surface area contributed by atoms with Crippen LogP contribution in [-0.2, 0) is 11.2 Å². The Hall–Kier alpha value is -2.80. The molecule has 1 atom stereocenters. The predicted molar refractivity (Wildman–Crippen MR) is 89.0 cm³/mol. The van der Waals surface area contributed by atoms with Crippen molar-refractivity contribution in [2.45, 2.75) is 26.3 Å². The van der Waals surface area contributed by atoms with Crippen molar-refractivity contribution < 1.29 is 9.53 Å². The first kappa shape index (κ1) is 16.6. The van der Waals surface area contributed by atoms with Crippen molar-refractivity contribution in [3.05, 3.63) is 65.2 Å². The monoisotopic (exact) mass is 308 g/mol. The summed E-state index contributed by atoms with van der Waals surface area (Å²) in [5, 5.41) is 12.0. The summed E-state index contributed by atoms with van der Waals surface area (Å²) >= 11 is 0. The standard InChI is InChI=1S/C19H20N2O2/c1-3-23-17-10-6-15(7-11-17)12-19(22)21-18(13-20)16-8-4-14(2)5-9-16/h4-11,18H,3,12H2,1-2H3,(H,21,22). The first-order valence-electron chi connectivity index (χ1n) is 7.59. The predicted octanol–water partition coefficient (Wildman–Crippen LogP) is 3.32. The molecule has 0 heterocycles. The minimum atomic E-state index is -0.634. The maximum Gasteiger partial charge on any atom is 0.225 e. The molecule has 118 valence electrons. The molecule has 0 fully saturated rings. The number of aryl methyl sites for hydroxylation is 1. The molecule has 4 heteroatoms. The summed E-state index contributed by atoms with van der Waals surface area (Å²) < 4.78 is 5.37. The summed E-state index contributed by atoms with van der Waals surface area (Å²) in [5.74, 6) is 0.604. The van der Waals surface area contributed by atoms with E-state index in [1.807, 2.05) is 62.4 Å². The van der Waals surface area contributed by atoms with Crippen LogP contribution < -0.4 is 10.1 Å². The lowest BCUT2D eigenvalue weighted by Crippen LogP contribution is -2.29. The van der Waals surface area contributed by atoms with Crippen LogP contribution in [0.5, 0.6) is 5.75 Å². The summed E-state index contributed by atoms with van der Waals surface area (Å²) in [6.07, 6.45) is 0.233. The van der Waals surface area contributed by atoms with Crippen molar-refractivity contribution >= 4 is 5.91 Å². The Morgan fingerprint density at radius 2 is 1.83 bits per heavy atom. The molecule has 0 bridgehead atoms. The Bertz CT molecular complexity index is 685. The van der Waals surface area contributed by atoms with Gasteiger partial charge >= 0.3 is 0 Å². The van der Waals surface area contributed by atoms with E-state index in [0.29, 0.717) is 6.61 Å². The van der Waals surface area contributed by atoms with E-state index in [-0.39, 0.29) is 12.3 Å². The highest BCUT2D eigenvalue weighted by Crippen LogP contribution is 2.15. The van der Waals surface area contributed by atoms with Gasteiger partial charge in [-0.2, -0.15) is 5.26 Å². The summed E-state index contributed by atoms with van der Waals surface area (Å²) in [6.45, 7) is 4.52. The topological polar surface area (TPSA) is 62.1 Å². The molecule has 1 amide bonds. The van der Waals surface area contributed by atoms with Gasteiger partial charge in [0, 0.05) is 0 Å². The number of carbonyl (C=O) groups is 1. The molecule has 0 spiro atoms. The van der Waals surface area contributed by atoms with Gasteiger partial charge in [0.1, 0.15) is 11.8 Å². The van der Waals surface area contributed by atoms with Crippen molar-refractivity contribution in [2.75, 3.05) is 6.61 Å². The smallest absolute Gasteiger partial charge is 0.225 e. The van der Waals surface area contributed by atoms with Gasteiger partial charge in [-0.3, -0.25) is 4.79 Å². The SMILES string of the molecule is CCOc1ccc(CC(=O)NC(C#N)c2ccc(C)cc2)cc1. The van der Waals surface area contributed by atoms with Crippen LogP contribution in [0.3, 0.4) is 0 Å². The van der Waals surface area contributed by atoms with E-state index in [1.54, 1.807) is 0 Å². The Morgan fingerprint density at radius 1 is 1.17 bits per heavy atom. The van der Waals surface area contributed by atoms with Gasteiger partial charge in [0.25, 0.3) is 0 Å². The third kappa shape index (κ3) is 4.86. The number of carbonyl (C=O) groups excluding carboxylic acids is 1. The number of nitrogens with zero attached hydrogens (tertiary/aromatic N) is 1. The molecule has 23 heavy (non-hydrogen) atoms. The largest absolute Gasteiger partial charge is 0.494 e. The van der Waals surface area contributed by atoms with Gasteiger partial charge in [0.05, 0.1) is 19.1 Å². The van der Waals surface area contributed by atoms with E-state index in [2.05, 4.69) is 11.4 Å². The molecule has 2 aromatic rings. The number of benzene rings is 2. The molecular weight excluding hydrogens is 288 g/mol. The fourth-order valence-electron chi connectivity index (χ4n) is 2.22. The number of hydrogen-bond acceptors (Lipinski definition) is 3. The molecule has 1 unspecified atom stereocenters. The molecule has 0 aliphatic carbocycles. The van der Waals surface area contributed by atoms with Crippen LogP contribution in [0.25, 0.3) is 0 Å². The molecule has 0 radical (unpaired) electrons. The Labute approximate surface area is 136 Å². The normalized spacial score (nSPS) is 11.3. The van der Waals surface area contributed by atoms with Crippen molar-refractivity contribution in [2.24, 2.45) is 0 Å². The van der Waals surface area contributed by atoms with E-state index in [9.17, 15) is 10.1 Å². The lowest BCUT2D eigenvalue weighted by atomic mass is 10.1. The summed E-state index contributed by atoms with van der Waals surface area (Å²) in [6, 6.07) is 16.5. The fourth-order valence-corrected chi connectivity index (χ4v) is 2.22. The van der Waals surface area contributed by atoms with Crippen LogP contribution >= 0.6 is 0 Å². The molecule has 0 aliphatic rings. The van der Waals surface area contributed by atoms with Crippen LogP contribution in [0.4, 0.5) is 0 Å². The molecule has 1 N–H and O–H groups in total. The fraction of sp³-hybridized carbons (Fsp3) is 0.263. The van der Waals surface area contributed by atoms with Crippen LogP contribution in [0, 0.1) is 18.3 Å². The summed E-state index contributed by atoms with van der Waals surface area (Å²) in [4.78, 5) is 12.1. The maximum atomic E-state index is 12.1. The molecule has 0 saturated carbocycles. The molecule has 2 rings (SSSR count). The highest BCUT2D eigenvalue weighted by Gasteiger charge is 2.14. The van der Waals surface area contributed by atoms with Crippen molar-refractivity contribution in [3.63, 3.8) is 0 Å². The zero-order chi connectivity index (χ0) is 16.7. The number of nitrogens with one attached hydrogen (secondary N) is 1. The second kappa shape index (κ2) is 8.00. The second-order valence-corrected chi connectivity index (χ2v) is 5.29. The third-order valence-corrected chi connectivity index (χ3v) is 3.44. The van der Waals surface area contributed by atoms with Crippen molar-refractivity contribution in [1.82, 2.24) is 5.32 Å². The number of ether oxygens (including phenoxy) is 1. The van der Waals surface area contributed by atoms with Gasteiger partial charge in [0.2, 0.25) is 5.91 Å². The van der Waals surface area contributed by atoms with Crippen LogP contribution in [0.2, 0.25) is 0 Å². The van der Waals surface area contributed by atoms with E-state index >= 15 is 0 Å². The number of amides is 1. The third-order valence-electron chi connectivity index (χ3n) is 3.44. The molecule has 0 saturated heterocycles. The van der Waals surface area contributed by atoms with Crippen LogP contribution in [0.1, 0.15) is 29.7 Å². The van der Waals surface area contributed by atoms with Crippen molar-refractivity contribution in [1.29, 1.82) is 5.26 Å². The highest BCUT2D eigenvalue weighted by molar-refractivity contribution is 5.79. The number of hydrogen-bond donors (Lipinski definition) is 1. The highest BCUT2D eigenvalue weighted by atomic mass is 16.5. The minimum absolute atomic E-state index is 0.179. The van der Waals surface area contributed by atoms with E-state index in [1.165, 1.54) is 0 Å². The van der Waals surface area contributed by atoms with Gasteiger partial charge in [-0.05, 0) is 37.1 Å². The van der Waals surface area contributed by atoms with E-state index < -0.39 is 6.04 Å². The van der Waals surface area contributed by atoms with Gasteiger partial charge in [-0.1, -0.05) is 42.0 Å². The van der Waals surface area contributed by atoms with Gasteiger partial charge in [0.15, 0.2) is 0 Å². The van der Waals surface area contributed by atoms with Crippen LogP contribution in [-0.4, -0.2) is 12.5 Å². The molecule has 0 aromatic heterocycles. The van der Waals surface area contributed by atoms with E-state index in [4.69, 9.17) is 4.74 Å².